The van der Waals surface area contributed by atoms with E-state index in [1.165, 1.54) is 6.07 Å². The van der Waals surface area contributed by atoms with Crippen LogP contribution in [0.2, 0.25) is 5.15 Å². The maximum absolute atomic E-state index is 12.6. The summed E-state index contributed by atoms with van der Waals surface area (Å²) in [5.74, 6) is 0.425. The summed E-state index contributed by atoms with van der Waals surface area (Å²) in [5.41, 5.74) is 3.26. The molecule has 0 N–H and O–H groups in total. The van der Waals surface area contributed by atoms with Crippen molar-refractivity contribution >= 4 is 29.3 Å². The highest BCUT2D eigenvalue weighted by atomic mass is 35.5. The monoisotopic (exact) mass is 501 g/mol. The second kappa shape index (κ2) is 11.5. The molecule has 0 aliphatic rings. The summed E-state index contributed by atoms with van der Waals surface area (Å²) >= 11 is 7.38. The maximum Gasteiger partial charge on any atom is 0.324 e. The lowest BCUT2D eigenvalue weighted by Gasteiger charge is -2.15. The number of carbonyl (C=O) groups excluding carboxylic acids is 1. The number of esters is 1. The Bertz CT molecular complexity index is 1360. The molecule has 3 aromatic carbocycles. The molecule has 1 aromatic heterocycles. The number of rotatable bonds is 8. The molecule has 4 aromatic rings. The molecule has 4 rings (SSSR count). The van der Waals surface area contributed by atoms with Gasteiger partial charge in [0.25, 0.3) is 0 Å². The molecule has 0 aliphatic carbocycles. The van der Waals surface area contributed by atoms with Gasteiger partial charge in [-0.2, -0.15) is 10.2 Å². The normalized spacial score (nSPS) is 11.3. The third-order valence-electron chi connectivity index (χ3n) is 4.88. The van der Waals surface area contributed by atoms with Gasteiger partial charge in [-0.15, -0.1) is 0 Å². The van der Waals surface area contributed by atoms with Gasteiger partial charge in [0.2, 0.25) is 5.88 Å². The quantitative estimate of drug-likeness (QED) is 0.113. The molecule has 35 heavy (non-hydrogen) atoms. The summed E-state index contributed by atoms with van der Waals surface area (Å²) < 4.78 is 11.2. The van der Waals surface area contributed by atoms with Crippen LogP contribution in [0.25, 0.3) is 11.1 Å². The Balaban J connectivity index is 1.54. The van der Waals surface area contributed by atoms with E-state index in [-0.39, 0.29) is 23.6 Å². The molecule has 1 unspecified atom stereocenters. The second-order valence-corrected chi connectivity index (χ2v) is 8.75. The van der Waals surface area contributed by atoms with Gasteiger partial charge in [-0.25, -0.2) is 4.98 Å². The van der Waals surface area contributed by atoms with Crippen molar-refractivity contribution in [1.29, 1.82) is 5.26 Å². The first-order valence-corrected chi connectivity index (χ1v) is 12.0. The first-order valence-electron chi connectivity index (χ1n) is 10.8. The van der Waals surface area contributed by atoms with Crippen molar-refractivity contribution in [2.75, 3.05) is 6.61 Å². The van der Waals surface area contributed by atoms with Crippen molar-refractivity contribution in [1.82, 2.24) is 9.97 Å². The van der Waals surface area contributed by atoms with E-state index in [9.17, 15) is 4.79 Å². The largest absolute Gasteiger partial charge is 0.465 e. The molecule has 0 radical (unpaired) electrons. The lowest BCUT2D eigenvalue weighted by Crippen LogP contribution is -2.13. The van der Waals surface area contributed by atoms with E-state index in [1.54, 1.807) is 13.0 Å². The lowest BCUT2D eigenvalue weighted by atomic mass is 10.0. The molecule has 0 amide bonds. The molecule has 0 aliphatic heterocycles. The van der Waals surface area contributed by atoms with Gasteiger partial charge in [-0.1, -0.05) is 78.0 Å². The molecule has 0 fully saturated rings. The van der Waals surface area contributed by atoms with E-state index in [4.69, 9.17) is 26.3 Å². The molecular formula is C27H20ClN3O3S. The zero-order valence-corrected chi connectivity index (χ0v) is 20.3. The SMILES string of the molecule is CCOC(=O)C(Sc1nc(Cl)cc(Oc2ccc(-c3cccc(C#N)c3)cc2)n1)c1ccccc1. The van der Waals surface area contributed by atoms with Gasteiger partial charge in [0.15, 0.2) is 5.16 Å². The zero-order chi connectivity index (χ0) is 24.6. The highest BCUT2D eigenvalue weighted by molar-refractivity contribution is 8.00. The smallest absolute Gasteiger partial charge is 0.324 e. The van der Waals surface area contributed by atoms with Crippen LogP contribution in [0.1, 0.15) is 23.3 Å². The average Bonchev–Trinajstić information content (AvgIpc) is 2.88. The number of hydrogen-bond acceptors (Lipinski definition) is 7. The molecule has 0 spiro atoms. The molecule has 1 atom stereocenters. The summed E-state index contributed by atoms with van der Waals surface area (Å²) in [5, 5.41) is 8.95. The van der Waals surface area contributed by atoms with E-state index < -0.39 is 5.25 Å². The first-order chi connectivity index (χ1) is 17.1. The highest BCUT2D eigenvalue weighted by Gasteiger charge is 2.25. The zero-order valence-electron chi connectivity index (χ0n) is 18.7. The molecular weight excluding hydrogens is 482 g/mol. The predicted molar refractivity (Wildman–Crippen MR) is 135 cm³/mol. The Morgan fingerprint density at radius 1 is 1.00 bits per heavy atom. The Kier molecular flexibility index (Phi) is 7.99. The fraction of sp³-hybridized carbons (Fsp3) is 0.111. The van der Waals surface area contributed by atoms with Crippen LogP contribution in [0.3, 0.4) is 0 Å². The van der Waals surface area contributed by atoms with Crippen molar-refractivity contribution in [3.63, 3.8) is 0 Å². The van der Waals surface area contributed by atoms with E-state index >= 15 is 0 Å². The topological polar surface area (TPSA) is 85.1 Å². The van der Waals surface area contributed by atoms with Gasteiger partial charge >= 0.3 is 5.97 Å². The van der Waals surface area contributed by atoms with Crippen molar-refractivity contribution in [3.8, 4) is 28.8 Å². The number of thioether (sulfide) groups is 1. The highest BCUT2D eigenvalue weighted by Crippen LogP contribution is 2.36. The van der Waals surface area contributed by atoms with Gasteiger partial charge in [0, 0.05) is 6.07 Å². The van der Waals surface area contributed by atoms with E-state index in [1.807, 2.05) is 72.8 Å². The first kappa shape index (κ1) is 24.3. The number of carbonyl (C=O) groups is 1. The summed E-state index contributed by atoms with van der Waals surface area (Å²) in [6, 6.07) is 27.8. The Morgan fingerprint density at radius 3 is 2.49 bits per heavy atom. The fourth-order valence-electron chi connectivity index (χ4n) is 3.29. The van der Waals surface area contributed by atoms with Crippen LogP contribution in [-0.2, 0) is 9.53 Å². The molecule has 1 heterocycles. The van der Waals surface area contributed by atoms with Crippen LogP contribution in [-0.4, -0.2) is 22.5 Å². The minimum absolute atomic E-state index is 0.193. The van der Waals surface area contributed by atoms with E-state index in [0.29, 0.717) is 16.5 Å². The number of nitriles is 1. The summed E-state index contributed by atoms with van der Waals surface area (Å²) in [4.78, 5) is 21.3. The van der Waals surface area contributed by atoms with Gasteiger partial charge in [-0.3, -0.25) is 4.79 Å². The standard InChI is InChI=1S/C27H20ClN3O3S/c1-2-33-26(32)25(20-8-4-3-5-9-20)35-27-30-23(28)16-24(31-27)34-22-13-11-19(12-14-22)21-10-6-7-18(15-21)17-29/h3-16,25H,2H2,1H3. The van der Waals surface area contributed by atoms with Crippen molar-refractivity contribution < 1.29 is 14.3 Å². The Labute approximate surface area is 212 Å². The molecule has 6 nitrogen and oxygen atoms in total. The molecule has 174 valence electrons. The molecule has 0 saturated carbocycles. The van der Waals surface area contributed by atoms with Crippen LogP contribution >= 0.6 is 23.4 Å². The van der Waals surface area contributed by atoms with Crippen LogP contribution in [0, 0.1) is 11.3 Å². The number of aromatic nitrogens is 2. The lowest BCUT2D eigenvalue weighted by molar-refractivity contribution is -0.142. The van der Waals surface area contributed by atoms with Crippen molar-refractivity contribution in [3.05, 3.63) is 101 Å². The van der Waals surface area contributed by atoms with Crippen molar-refractivity contribution in [2.45, 2.75) is 17.3 Å². The molecule has 0 bridgehead atoms. The molecule has 8 heteroatoms. The van der Waals surface area contributed by atoms with Gasteiger partial charge in [0.1, 0.15) is 16.2 Å². The number of halogens is 1. The maximum atomic E-state index is 12.6. The average molecular weight is 502 g/mol. The van der Waals surface area contributed by atoms with E-state index in [0.717, 1.165) is 28.5 Å². The van der Waals surface area contributed by atoms with E-state index in [2.05, 4.69) is 16.0 Å². The number of nitrogens with zero attached hydrogens (tertiary/aromatic N) is 3. The predicted octanol–water partition coefficient (Wildman–Crippen LogP) is 6.86. The summed E-state index contributed by atoms with van der Waals surface area (Å²) in [7, 11) is 0. The minimum atomic E-state index is -0.647. The fourth-order valence-corrected chi connectivity index (χ4v) is 4.48. The van der Waals surface area contributed by atoms with Crippen molar-refractivity contribution in [2.24, 2.45) is 0 Å². The van der Waals surface area contributed by atoms with Gasteiger partial charge in [-0.05, 0) is 47.9 Å². The summed E-state index contributed by atoms with van der Waals surface area (Å²) in [6.07, 6.45) is 0. The minimum Gasteiger partial charge on any atom is -0.465 e. The number of hydrogen-bond donors (Lipinski definition) is 0. The Morgan fingerprint density at radius 2 is 1.77 bits per heavy atom. The van der Waals surface area contributed by atoms with Crippen LogP contribution < -0.4 is 4.74 Å². The Hall–Kier alpha value is -3.86. The van der Waals surface area contributed by atoms with Crippen LogP contribution in [0.4, 0.5) is 0 Å². The van der Waals surface area contributed by atoms with Crippen LogP contribution in [0.15, 0.2) is 90.1 Å². The van der Waals surface area contributed by atoms with Gasteiger partial charge < -0.3 is 9.47 Å². The van der Waals surface area contributed by atoms with Crippen LogP contribution in [0.5, 0.6) is 11.6 Å². The summed E-state index contributed by atoms with van der Waals surface area (Å²) in [6.45, 7) is 2.03. The third kappa shape index (κ3) is 6.38. The number of ether oxygens (including phenoxy) is 2. The van der Waals surface area contributed by atoms with Gasteiger partial charge in [0.05, 0.1) is 18.2 Å². The second-order valence-electron chi connectivity index (χ2n) is 7.29. The number of benzene rings is 3. The molecule has 0 saturated heterocycles. The third-order valence-corrected chi connectivity index (χ3v) is 6.17.